The summed E-state index contributed by atoms with van der Waals surface area (Å²) in [5.74, 6) is -1.71. The summed E-state index contributed by atoms with van der Waals surface area (Å²) in [4.78, 5) is 11.1. The lowest BCUT2D eigenvalue weighted by Crippen LogP contribution is -2.14. The Morgan fingerprint density at radius 2 is 2.07 bits per heavy atom. The van der Waals surface area contributed by atoms with Crippen molar-refractivity contribution in [1.29, 1.82) is 0 Å². The highest BCUT2D eigenvalue weighted by molar-refractivity contribution is 5.79. The van der Waals surface area contributed by atoms with Crippen molar-refractivity contribution in [2.75, 3.05) is 0 Å². The van der Waals surface area contributed by atoms with Crippen LogP contribution >= 0.6 is 0 Å². The molecule has 1 heterocycles. The number of rotatable bonds is 3. The van der Waals surface area contributed by atoms with Gasteiger partial charge in [-0.15, -0.1) is 10.2 Å². The minimum absolute atomic E-state index is 0.161. The smallest absolute Gasteiger partial charge is 0.318 e. The summed E-state index contributed by atoms with van der Waals surface area (Å²) in [6.07, 6.45) is 0. The van der Waals surface area contributed by atoms with Gasteiger partial charge >= 0.3 is 5.97 Å². The maximum atomic E-state index is 11.1. The van der Waals surface area contributed by atoms with E-state index >= 15 is 0 Å². The molecule has 1 aromatic carbocycles. The lowest BCUT2D eigenvalue weighted by Gasteiger charge is -2.07. The predicted molar refractivity (Wildman–Crippen MR) is 50.1 cm³/mol. The van der Waals surface area contributed by atoms with Crippen molar-refractivity contribution in [3.05, 3.63) is 41.7 Å². The van der Waals surface area contributed by atoms with Crippen LogP contribution in [-0.4, -0.2) is 31.7 Å². The quantitative estimate of drug-likeness (QED) is 0.755. The normalized spacial score (nSPS) is 12.3. The van der Waals surface area contributed by atoms with E-state index in [-0.39, 0.29) is 5.82 Å². The number of carboxylic acids is 1. The molecule has 6 nitrogen and oxygen atoms in total. The van der Waals surface area contributed by atoms with Crippen molar-refractivity contribution in [3.63, 3.8) is 0 Å². The third-order valence-corrected chi connectivity index (χ3v) is 2.00. The van der Waals surface area contributed by atoms with Crippen LogP contribution in [0.15, 0.2) is 30.3 Å². The first-order chi connectivity index (χ1) is 7.29. The topological polar surface area (TPSA) is 91.8 Å². The largest absolute Gasteiger partial charge is 0.480 e. The van der Waals surface area contributed by atoms with Crippen LogP contribution in [0.3, 0.4) is 0 Å². The minimum Gasteiger partial charge on any atom is -0.480 e. The lowest BCUT2D eigenvalue weighted by atomic mass is 9.99. The molecule has 0 aliphatic rings. The van der Waals surface area contributed by atoms with Gasteiger partial charge in [0.15, 0.2) is 5.82 Å². The van der Waals surface area contributed by atoms with Gasteiger partial charge in [0.1, 0.15) is 5.92 Å². The Bertz CT molecular complexity index is 440. The average Bonchev–Trinajstić information content (AvgIpc) is 2.72. The molecule has 2 N–H and O–H groups in total. The number of aromatic nitrogens is 4. The number of H-pyrrole nitrogens is 1. The molecule has 0 saturated heterocycles. The number of nitrogens with zero attached hydrogens (tertiary/aromatic N) is 3. The zero-order valence-electron chi connectivity index (χ0n) is 7.66. The summed E-state index contributed by atoms with van der Waals surface area (Å²) in [7, 11) is 0. The summed E-state index contributed by atoms with van der Waals surface area (Å²) in [6, 6.07) is 8.79. The van der Waals surface area contributed by atoms with Gasteiger partial charge in [0.2, 0.25) is 0 Å². The van der Waals surface area contributed by atoms with Gasteiger partial charge in [0.05, 0.1) is 0 Å². The van der Waals surface area contributed by atoms with E-state index in [1.54, 1.807) is 24.3 Å². The van der Waals surface area contributed by atoms with Gasteiger partial charge in [-0.3, -0.25) is 4.79 Å². The SMILES string of the molecule is O=C(O)C(c1ccccc1)c1nn[nH]n1. The molecule has 0 aliphatic carbocycles. The van der Waals surface area contributed by atoms with E-state index in [1.165, 1.54) is 0 Å². The summed E-state index contributed by atoms with van der Waals surface area (Å²) >= 11 is 0. The Morgan fingerprint density at radius 3 is 2.60 bits per heavy atom. The number of carboxylic acid groups (broad SMARTS) is 1. The fourth-order valence-electron chi connectivity index (χ4n) is 1.34. The maximum Gasteiger partial charge on any atom is 0.318 e. The van der Waals surface area contributed by atoms with Crippen molar-refractivity contribution >= 4 is 5.97 Å². The second kappa shape index (κ2) is 3.87. The molecule has 0 spiro atoms. The number of nitrogens with one attached hydrogen (secondary N) is 1. The first-order valence-corrected chi connectivity index (χ1v) is 4.30. The number of tetrazole rings is 1. The van der Waals surface area contributed by atoms with Gasteiger partial charge in [0.25, 0.3) is 0 Å². The highest BCUT2D eigenvalue weighted by Crippen LogP contribution is 2.20. The Hall–Kier alpha value is -2.24. The van der Waals surface area contributed by atoms with Gasteiger partial charge in [-0.1, -0.05) is 35.5 Å². The van der Waals surface area contributed by atoms with E-state index < -0.39 is 11.9 Å². The highest BCUT2D eigenvalue weighted by atomic mass is 16.4. The van der Waals surface area contributed by atoms with Crippen molar-refractivity contribution in [1.82, 2.24) is 20.6 Å². The number of benzene rings is 1. The zero-order chi connectivity index (χ0) is 10.7. The van der Waals surface area contributed by atoms with Crippen LogP contribution in [0.5, 0.6) is 0 Å². The van der Waals surface area contributed by atoms with E-state index in [4.69, 9.17) is 5.11 Å². The van der Waals surface area contributed by atoms with Crippen LogP contribution in [0.2, 0.25) is 0 Å². The molecule has 1 unspecified atom stereocenters. The first kappa shape index (κ1) is 9.32. The third-order valence-electron chi connectivity index (χ3n) is 2.00. The molecule has 0 fully saturated rings. The van der Waals surface area contributed by atoms with Gasteiger partial charge in [-0.05, 0) is 5.56 Å². The molecule has 0 amide bonds. The number of aromatic amines is 1. The Labute approximate surface area is 84.9 Å². The summed E-state index contributed by atoms with van der Waals surface area (Å²) in [5.41, 5.74) is 0.631. The number of hydrogen-bond donors (Lipinski definition) is 2. The summed E-state index contributed by atoms with van der Waals surface area (Å²) in [6.45, 7) is 0. The molecule has 1 aromatic heterocycles. The molecule has 0 bridgehead atoms. The average molecular weight is 204 g/mol. The van der Waals surface area contributed by atoms with Crippen LogP contribution in [0.4, 0.5) is 0 Å². The van der Waals surface area contributed by atoms with Crippen LogP contribution in [0.1, 0.15) is 17.3 Å². The van der Waals surface area contributed by atoms with E-state index in [2.05, 4.69) is 20.6 Å². The predicted octanol–water partition coefficient (Wildman–Crippen LogP) is 0.416. The standard InChI is InChI=1S/C9H8N4O2/c14-9(15)7(8-10-12-13-11-8)6-4-2-1-3-5-6/h1-5,7H,(H,14,15)(H,10,11,12,13). The van der Waals surface area contributed by atoms with E-state index in [0.29, 0.717) is 5.56 Å². The van der Waals surface area contributed by atoms with Crippen LogP contribution in [0.25, 0.3) is 0 Å². The molecule has 15 heavy (non-hydrogen) atoms. The van der Waals surface area contributed by atoms with Crippen molar-refractivity contribution in [3.8, 4) is 0 Å². The molecule has 0 radical (unpaired) electrons. The van der Waals surface area contributed by atoms with E-state index in [0.717, 1.165) is 0 Å². The van der Waals surface area contributed by atoms with Crippen molar-refractivity contribution in [2.45, 2.75) is 5.92 Å². The second-order valence-corrected chi connectivity index (χ2v) is 2.95. The molecule has 0 aliphatic heterocycles. The van der Waals surface area contributed by atoms with Crippen LogP contribution < -0.4 is 0 Å². The number of aliphatic carboxylic acids is 1. The van der Waals surface area contributed by atoms with Gasteiger partial charge < -0.3 is 5.11 Å². The Balaban J connectivity index is 2.42. The highest BCUT2D eigenvalue weighted by Gasteiger charge is 2.25. The fourth-order valence-corrected chi connectivity index (χ4v) is 1.34. The van der Waals surface area contributed by atoms with Gasteiger partial charge in [-0.2, -0.15) is 5.21 Å². The maximum absolute atomic E-state index is 11.1. The lowest BCUT2D eigenvalue weighted by molar-refractivity contribution is -0.137. The fraction of sp³-hybridized carbons (Fsp3) is 0.111. The number of hydrogen-bond acceptors (Lipinski definition) is 4. The summed E-state index contributed by atoms with van der Waals surface area (Å²) < 4.78 is 0. The van der Waals surface area contributed by atoms with E-state index in [1.807, 2.05) is 6.07 Å². The molecule has 1 atom stereocenters. The molecular formula is C9H8N4O2. The van der Waals surface area contributed by atoms with Crippen LogP contribution in [-0.2, 0) is 4.79 Å². The molecular weight excluding hydrogens is 196 g/mol. The molecule has 0 saturated carbocycles. The first-order valence-electron chi connectivity index (χ1n) is 4.30. The zero-order valence-corrected chi connectivity index (χ0v) is 7.66. The number of carbonyl (C=O) groups is 1. The van der Waals surface area contributed by atoms with Crippen molar-refractivity contribution in [2.24, 2.45) is 0 Å². The molecule has 2 rings (SSSR count). The Morgan fingerprint density at radius 1 is 1.33 bits per heavy atom. The van der Waals surface area contributed by atoms with E-state index in [9.17, 15) is 4.79 Å². The Kier molecular flexibility index (Phi) is 2.40. The molecule has 2 aromatic rings. The van der Waals surface area contributed by atoms with Crippen molar-refractivity contribution < 1.29 is 9.90 Å². The third kappa shape index (κ3) is 1.83. The molecule has 6 heteroatoms. The second-order valence-electron chi connectivity index (χ2n) is 2.95. The summed E-state index contributed by atoms with van der Waals surface area (Å²) in [5, 5.41) is 22.0. The minimum atomic E-state index is -0.998. The van der Waals surface area contributed by atoms with Gasteiger partial charge in [0, 0.05) is 0 Å². The monoisotopic (exact) mass is 204 g/mol. The van der Waals surface area contributed by atoms with Gasteiger partial charge in [-0.25, -0.2) is 0 Å². The molecule has 76 valence electrons. The van der Waals surface area contributed by atoms with Crippen LogP contribution in [0, 0.1) is 0 Å².